The van der Waals surface area contributed by atoms with Gasteiger partial charge in [0.15, 0.2) is 5.67 Å². The first kappa shape index (κ1) is 17.3. The number of nitrogens with one attached hydrogen (secondary N) is 1. The zero-order chi connectivity index (χ0) is 16.9. The Labute approximate surface area is 135 Å². The lowest BCUT2D eigenvalue weighted by atomic mass is 9.92. The molecule has 0 atom stereocenters. The maximum atomic E-state index is 14.7. The van der Waals surface area contributed by atoms with E-state index in [4.69, 9.17) is 4.74 Å². The van der Waals surface area contributed by atoms with Gasteiger partial charge in [0.25, 0.3) is 11.8 Å². The predicted molar refractivity (Wildman–Crippen MR) is 82.8 cm³/mol. The molecule has 1 fully saturated rings. The summed E-state index contributed by atoms with van der Waals surface area (Å²) < 4.78 is 19.5. The van der Waals surface area contributed by atoms with E-state index in [1.54, 1.807) is 17.0 Å². The number of aromatic nitrogens is 1. The summed E-state index contributed by atoms with van der Waals surface area (Å²) in [7, 11) is 1.52. The summed E-state index contributed by atoms with van der Waals surface area (Å²) in [6.07, 6.45) is 1.51. The Morgan fingerprint density at radius 2 is 2.09 bits per heavy atom. The molecule has 23 heavy (non-hydrogen) atoms. The number of rotatable bonds is 5. The molecule has 2 heterocycles. The van der Waals surface area contributed by atoms with Gasteiger partial charge in [0.05, 0.1) is 12.2 Å². The average molecular weight is 323 g/mol. The number of piperidine rings is 1. The molecule has 0 bridgehead atoms. The zero-order valence-electron chi connectivity index (χ0n) is 13.5. The van der Waals surface area contributed by atoms with E-state index in [1.807, 2.05) is 6.92 Å². The van der Waals surface area contributed by atoms with E-state index in [1.165, 1.54) is 13.3 Å². The van der Waals surface area contributed by atoms with Gasteiger partial charge >= 0.3 is 0 Å². The summed E-state index contributed by atoms with van der Waals surface area (Å²) >= 11 is 0. The molecule has 1 aliphatic heterocycles. The summed E-state index contributed by atoms with van der Waals surface area (Å²) in [5, 5.41) is 2.52. The largest absolute Gasteiger partial charge is 0.383 e. The second-order valence-electron chi connectivity index (χ2n) is 5.69. The maximum absolute atomic E-state index is 14.7. The first-order valence-corrected chi connectivity index (χ1v) is 7.64. The third kappa shape index (κ3) is 4.25. The number of halogens is 1. The molecular weight excluding hydrogens is 301 g/mol. The number of carbonyl (C=O) groups is 2. The van der Waals surface area contributed by atoms with Crippen molar-refractivity contribution in [3.05, 3.63) is 29.6 Å². The summed E-state index contributed by atoms with van der Waals surface area (Å²) in [6.45, 7) is 2.88. The van der Waals surface area contributed by atoms with Crippen LogP contribution in [0.15, 0.2) is 18.3 Å². The molecule has 0 radical (unpaired) electrons. The standard InChI is InChI=1S/C16H22FN3O3/c1-12-3-4-13(11-19-12)14(21)20-8-5-16(17,6-9-20)15(22)18-7-10-23-2/h3-4,11H,5-10H2,1-2H3,(H,18,22). The van der Waals surface area contributed by atoms with Crippen molar-refractivity contribution in [3.8, 4) is 0 Å². The van der Waals surface area contributed by atoms with Gasteiger partial charge < -0.3 is 15.0 Å². The monoisotopic (exact) mass is 323 g/mol. The molecule has 2 rings (SSSR count). The van der Waals surface area contributed by atoms with E-state index in [2.05, 4.69) is 10.3 Å². The van der Waals surface area contributed by atoms with Crippen LogP contribution in [0.2, 0.25) is 0 Å². The quantitative estimate of drug-likeness (QED) is 0.824. The lowest BCUT2D eigenvalue weighted by molar-refractivity contribution is -0.135. The average Bonchev–Trinajstić information content (AvgIpc) is 2.56. The van der Waals surface area contributed by atoms with Crippen LogP contribution in [-0.4, -0.2) is 60.7 Å². The van der Waals surface area contributed by atoms with Crippen molar-refractivity contribution in [2.75, 3.05) is 33.4 Å². The number of carbonyl (C=O) groups excluding carboxylic acids is 2. The number of likely N-dealkylation sites (tertiary alicyclic amines) is 1. The van der Waals surface area contributed by atoms with Crippen molar-refractivity contribution in [1.29, 1.82) is 0 Å². The van der Waals surface area contributed by atoms with E-state index in [-0.39, 0.29) is 38.4 Å². The zero-order valence-corrected chi connectivity index (χ0v) is 13.5. The highest BCUT2D eigenvalue weighted by Crippen LogP contribution is 2.27. The molecule has 0 aliphatic carbocycles. The van der Waals surface area contributed by atoms with Crippen LogP contribution in [0.5, 0.6) is 0 Å². The van der Waals surface area contributed by atoms with Gasteiger partial charge in [-0.3, -0.25) is 14.6 Å². The highest BCUT2D eigenvalue weighted by atomic mass is 19.1. The highest BCUT2D eigenvalue weighted by Gasteiger charge is 2.42. The van der Waals surface area contributed by atoms with Crippen LogP contribution >= 0.6 is 0 Å². The fourth-order valence-corrected chi connectivity index (χ4v) is 2.49. The van der Waals surface area contributed by atoms with Crippen LogP contribution < -0.4 is 5.32 Å². The van der Waals surface area contributed by atoms with E-state index >= 15 is 0 Å². The number of hydrogen-bond donors (Lipinski definition) is 1. The van der Waals surface area contributed by atoms with Crippen LogP contribution in [0.3, 0.4) is 0 Å². The lowest BCUT2D eigenvalue weighted by Crippen LogP contribution is -2.52. The van der Waals surface area contributed by atoms with Gasteiger partial charge in [0, 0.05) is 51.5 Å². The summed E-state index contributed by atoms with van der Waals surface area (Å²) in [6, 6.07) is 3.47. The van der Waals surface area contributed by atoms with E-state index < -0.39 is 11.6 Å². The van der Waals surface area contributed by atoms with E-state index in [9.17, 15) is 14.0 Å². The van der Waals surface area contributed by atoms with Gasteiger partial charge in [-0.05, 0) is 19.1 Å². The Balaban J connectivity index is 1.91. The minimum atomic E-state index is -1.92. The Kier molecular flexibility index (Phi) is 5.65. The van der Waals surface area contributed by atoms with Crippen molar-refractivity contribution in [2.24, 2.45) is 0 Å². The topological polar surface area (TPSA) is 71.5 Å². The molecule has 0 saturated carbocycles. The molecule has 1 N–H and O–H groups in total. The number of amides is 2. The third-order valence-electron chi connectivity index (χ3n) is 4.00. The Bertz CT molecular complexity index is 554. The molecule has 6 nitrogen and oxygen atoms in total. The first-order chi connectivity index (χ1) is 11.0. The SMILES string of the molecule is COCCNC(=O)C1(F)CCN(C(=O)c2ccc(C)nc2)CC1. The number of aryl methyl sites for hydroxylation is 1. The fraction of sp³-hybridized carbons (Fsp3) is 0.562. The molecule has 1 saturated heterocycles. The number of nitrogens with zero attached hydrogens (tertiary/aromatic N) is 2. The van der Waals surface area contributed by atoms with Gasteiger partial charge in [-0.1, -0.05) is 0 Å². The number of alkyl halides is 1. The molecule has 126 valence electrons. The van der Waals surface area contributed by atoms with Crippen molar-refractivity contribution in [2.45, 2.75) is 25.4 Å². The molecule has 2 amide bonds. The van der Waals surface area contributed by atoms with Crippen molar-refractivity contribution < 1.29 is 18.7 Å². The van der Waals surface area contributed by atoms with Gasteiger partial charge in [-0.25, -0.2) is 4.39 Å². The minimum Gasteiger partial charge on any atom is -0.383 e. The first-order valence-electron chi connectivity index (χ1n) is 7.64. The van der Waals surface area contributed by atoms with Gasteiger partial charge in [0.1, 0.15) is 0 Å². The van der Waals surface area contributed by atoms with Crippen molar-refractivity contribution >= 4 is 11.8 Å². The van der Waals surface area contributed by atoms with Crippen molar-refractivity contribution in [3.63, 3.8) is 0 Å². The van der Waals surface area contributed by atoms with Gasteiger partial charge in [0.2, 0.25) is 0 Å². The maximum Gasteiger partial charge on any atom is 0.257 e. The fourth-order valence-electron chi connectivity index (χ4n) is 2.49. The van der Waals surface area contributed by atoms with Crippen LogP contribution in [0.25, 0.3) is 0 Å². The Morgan fingerprint density at radius 3 is 2.65 bits per heavy atom. The molecule has 0 unspecified atom stereocenters. The Hall–Kier alpha value is -2.02. The molecule has 1 aromatic rings. The third-order valence-corrected chi connectivity index (χ3v) is 4.00. The number of ether oxygens (including phenoxy) is 1. The number of hydrogen-bond acceptors (Lipinski definition) is 4. The summed E-state index contributed by atoms with van der Waals surface area (Å²) in [5.41, 5.74) is -0.613. The smallest absolute Gasteiger partial charge is 0.257 e. The highest BCUT2D eigenvalue weighted by molar-refractivity contribution is 5.94. The second kappa shape index (κ2) is 7.50. The van der Waals surface area contributed by atoms with E-state index in [0.717, 1.165) is 5.69 Å². The minimum absolute atomic E-state index is 0.00313. The lowest BCUT2D eigenvalue weighted by Gasteiger charge is -2.35. The van der Waals surface area contributed by atoms with Gasteiger partial charge in [-0.15, -0.1) is 0 Å². The summed E-state index contributed by atoms with van der Waals surface area (Å²) in [4.78, 5) is 29.9. The molecule has 0 aromatic carbocycles. The molecule has 7 heteroatoms. The van der Waals surface area contributed by atoms with Crippen LogP contribution in [0.4, 0.5) is 4.39 Å². The normalized spacial score (nSPS) is 16.9. The molecular formula is C16H22FN3O3. The predicted octanol–water partition coefficient (Wildman–Crippen LogP) is 1.10. The molecule has 1 aliphatic rings. The van der Waals surface area contributed by atoms with Gasteiger partial charge in [-0.2, -0.15) is 0 Å². The number of methoxy groups -OCH3 is 1. The Morgan fingerprint density at radius 1 is 1.39 bits per heavy atom. The number of pyridine rings is 1. The van der Waals surface area contributed by atoms with Crippen LogP contribution in [0.1, 0.15) is 28.9 Å². The van der Waals surface area contributed by atoms with Crippen molar-refractivity contribution in [1.82, 2.24) is 15.2 Å². The van der Waals surface area contributed by atoms with E-state index in [0.29, 0.717) is 12.2 Å². The van der Waals surface area contributed by atoms with Crippen LogP contribution in [0, 0.1) is 6.92 Å². The molecule has 1 aromatic heterocycles. The summed E-state index contributed by atoms with van der Waals surface area (Å²) in [5.74, 6) is -0.807. The second-order valence-corrected chi connectivity index (χ2v) is 5.69. The molecule has 0 spiro atoms. The van der Waals surface area contributed by atoms with Crippen LogP contribution in [-0.2, 0) is 9.53 Å².